The van der Waals surface area contributed by atoms with Crippen molar-refractivity contribution in [2.75, 3.05) is 25.6 Å². The highest BCUT2D eigenvalue weighted by atomic mass is 32.1. The van der Waals surface area contributed by atoms with E-state index in [1.54, 1.807) is 14.0 Å². The Balaban J connectivity index is 2.41. The van der Waals surface area contributed by atoms with Crippen LogP contribution in [0.5, 0.6) is 0 Å². The van der Waals surface area contributed by atoms with Gasteiger partial charge in [0.2, 0.25) is 0 Å². The van der Waals surface area contributed by atoms with Crippen molar-refractivity contribution >= 4 is 33.3 Å². The van der Waals surface area contributed by atoms with Crippen molar-refractivity contribution in [3.05, 3.63) is 16.8 Å². The molecular weight excluding hydrogens is 294 g/mol. The van der Waals surface area contributed by atoms with Crippen LogP contribution in [0.15, 0.2) is 6.33 Å². The first kappa shape index (κ1) is 15.6. The summed E-state index contributed by atoms with van der Waals surface area (Å²) in [4.78, 5) is 20.4. The highest BCUT2D eigenvalue weighted by molar-refractivity contribution is 7.20. The number of rotatable bonds is 7. The van der Waals surface area contributed by atoms with Gasteiger partial charge in [0.25, 0.3) is 0 Å². The van der Waals surface area contributed by atoms with Gasteiger partial charge in [-0.2, -0.15) is 0 Å². The Hall–Kier alpha value is -1.77. The molecule has 0 aliphatic carbocycles. The maximum atomic E-state index is 11.2. The van der Waals surface area contributed by atoms with E-state index in [2.05, 4.69) is 15.3 Å². The molecule has 0 spiro atoms. The molecule has 2 rings (SSSR count). The minimum absolute atomic E-state index is 0.0260. The lowest BCUT2D eigenvalue weighted by atomic mass is 10.1. The van der Waals surface area contributed by atoms with Crippen molar-refractivity contribution < 1.29 is 19.7 Å². The summed E-state index contributed by atoms with van der Waals surface area (Å²) in [6, 6.07) is -0.106. The molecule has 0 amide bonds. The maximum Gasteiger partial charge on any atom is 0.346 e. The number of fused-ring (bicyclic) bond motifs is 1. The number of nitrogens with one attached hydrogen (secondary N) is 1. The number of anilines is 1. The molecule has 0 bridgehead atoms. The molecule has 0 fully saturated rings. The van der Waals surface area contributed by atoms with Gasteiger partial charge < -0.3 is 20.3 Å². The molecule has 0 saturated heterocycles. The number of hydrogen-bond donors (Lipinski definition) is 3. The lowest BCUT2D eigenvalue weighted by Crippen LogP contribution is -2.26. The number of aromatic carboxylic acids is 1. The number of thiophene rings is 1. The molecule has 0 aliphatic rings. The van der Waals surface area contributed by atoms with Crippen LogP contribution in [0.3, 0.4) is 0 Å². The molecule has 114 valence electrons. The summed E-state index contributed by atoms with van der Waals surface area (Å²) in [5.74, 6) is -0.401. The topological polar surface area (TPSA) is 105 Å². The molecule has 21 heavy (non-hydrogen) atoms. The fourth-order valence-electron chi connectivity index (χ4n) is 2.13. The molecule has 0 aromatic carbocycles. The SMILES string of the molecule is COCC(CCO)Nc1ncnc2sc(C(=O)O)c(C)c12. The predicted molar refractivity (Wildman–Crippen MR) is 80.1 cm³/mol. The summed E-state index contributed by atoms with van der Waals surface area (Å²) >= 11 is 1.13. The zero-order valence-electron chi connectivity index (χ0n) is 11.8. The lowest BCUT2D eigenvalue weighted by Gasteiger charge is -2.18. The fraction of sp³-hybridized carbons (Fsp3) is 0.462. The summed E-state index contributed by atoms with van der Waals surface area (Å²) in [5.41, 5.74) is 0.644. The van der Waals surface area contributed by atoms with E-state index in [0.29, 0.717) is 34.6 Å². The summed E-state index contributed by atoms with van der Waals surface area (Å²) in [7, 11) is 1.58. The van der Waals surface area contributed by atoms with E-state index in [4.69, 9.17) is 9.84 Å². The number of carboxylic acid groups (broad SMARTS) is 1. The monoisotopic (exact) mass is 311 g/mol. The average molecular weight is 311 g/mol. The Kier molecular flexibility index (Phi) is 5.05. The fourth-order valence-corrected chi connectivity index (χ4v) is 3.12. The van der Waals surface area contributed by atoms with Crippen LogP contribution in [0.1, 0.15) is 21.7 Å². The van der Waals surface area contributed by atoms with Gasteiger partial charge in [-0.1, -0.05) is 0 Å². The number of aliphatic hydroxyl groups is 1. The van der Waals surface area contributed by atoms with Crippen LogP contribution < -0.4 is 5.32 Å². The zero-order valence-corrected chi connectivity index (χ0v) is 12.6. The van der Waals surface area contributed by atoms with Gasteiger partial charge in [0.15, 0.2) is 0 Å². The third kappa shape index (κ3) is 3.29. The highest BCUT2D eigenvalue weighted by Gasteiger charge is 2.20. The molecular formula is C13H17N3O4S. The molecule has 2 heterocycles. The number of carboxylic acids is 1. The van der Waals surface area contributed by atoms with E-state index in [1.807, 2.05) is 0 Å². The number of aliphatic hydroxyl groups excluding tert-OH is 1. The molecule has 3 N–H and O–H groups in total. The smallest absolute Gasteiger partial charge is 0.346 e. The van der Waals surface area contributed by atoms with Gasteiger partial charge in [-0.05, 0) is 18.9 Å². The number of carbonyl (C=O) groups is 1. The molecule has 1 unspecified atom stereocenters. The standard InChI is InChI=1S/C13H17N3O4S/c1-7-9-11(16-8(3-4-17)5-20-2)14-6-15-12(9)21-10(7)13(18)19/h6,8,17H,3-5H2,1-2H3,(H,18,19)(H,14,15,16). The molecule has 7 nitrogen and oxygen atoms in total. The third-order valence-electron chi connectivity index (χ3n) is 3.11. The van der Waals surface area contributed by atoms with Gasteiger partial charge in [0.1, 0.15) is 21.9 Å². The van der Waals surface area contributed by atoms with Crippen molar-refractivity contribution in [1.29, 1.82) is 0 Å². The largest absolute Gasteiger partial charge is 0.477 e. The van der Waals surface area contributed by atoms with Crippen LogP contribution >= 0.6 is 11.3 Å². The van der Waals surface area contributed by atoms with Crippen molar-refractivity contribution in [3.8, 4) is 0 Å². The Morgan fingerprint density at radius 1 is 1.52 bits per heavy atom. The number of methoxy groups -OCH3 is 1. The van der Waals surface area contributed by atoms with Gasteiger partial charge in [0, 0.05) is 13.7 Å². The number of ether oxygens (including phenoxy) is 1. The predicted octanol–water partition coefficient (Wildman–Crippen LogP) is 1.51. The van der Waals surface area contributed by atoms with Crippen LogP contribution in [0, 0.1) is 6.92 Å². The average Bonchev–Trinajstić information content (AvgIpc) is 2.78. The molecule has 0 saturated carbocycles. The molecule has 2 aromatic rings. The van der Waals surface area contributed by atoms with Crippen LogP contribution in [0.4, 0.5) is 5.82 Å². The van der Waals surface area contributed by atoms with Gasteiger partial charge in [-0.3, -0.25) is 0 Å². The first-order valence-corrected chi connectivity index (χ1v) is 7.23. The molecule has 1 atom stereocenters. The summed E-state index contributed by atoms with van der Waals surface area (Å²) in [5, 5.41) is 22.2. The first-order valence-electron chi connectivity index (χ1n) is 6.42. The number of hydrogen-bond acceptors (Lipinski definition) is 7. The normalized spacial score (nSPS) is 12.5. The Morgan fingerprint density at radius 2 is 2.29 bits per heavy atom. The van der Waals surface area contributed by atoms with Crippen molar-refractivity contribution in [1.82, 2.24) is 9.97 Å². The van der Waals surface area contributed by atoms with E-state index in [9.17, 15) is 9.90 Å². The second-order valence-corrected chi connectivity index (χ2v) is 5.57. The van der Waals surface area contributed by atoms with Crippen LogP contribution in [-0.2, 0) is 4.74 Å². The Morgan fingerprint density at radius 3 is 2.90 bits per heavy atom. The number of nitrogens with zero attached hydrogens (tertiary/aromatic N) is 2. The second-order valence-electron chi connectivity index (χ2n) is 4.57. The Bertz CT molecular complexity index is 638. The quantitative estimate of drug-likeness (QED) is 0.711. The van der Waals surface area contributed by atoms with Crippen molar-refractivity contribution in [3.63, 3.8) is 0 Å². The molecule has 2 aromatic heterocycles. The van der Waals surface area contributed by atoms with Crippen LogP contribution in [-0.4, -0.2) is 52.5 Å². The van der Waals surface area contributed by atoms with Gasteiger partial charge in [0.05, 0.1) is 18.0 Å². The van der Waals surface area contributed by atoms with Crippen molar-refractivity contribution in [2.24, 2.45) is 0 Å². The molecule has 0 radical (unpaired) electrons. The van der Waals surface area contributed by atoms with Gasteiger partial charge >= 0.3 is 5.97 Å². The van der Waals surface area contributed by atoms with E-state index >= 15 is 0 Å². The Labute approximate surface area is 125 Å². The molecule has 8 heteroatoms. The van der Waals surface area contributed by atoms with E-state index in [0.717, 1.165) is 11.3 Å². The van der Waals surface area contributed by atoms with E-state index in [-0.39, 0.29) is 17.5 Å². The zero-order chi connectivity index (χ0) is 15.4. The van der Waals surface area contributed by atoms with Crippen molar-refractivity contribution in [2.45, 2.75) is 19.4 Å². The lowest BCUT2D eigenvalue weighted by molar-refractivity contribution is 0.0701. The first-order chi connectivity index (χ1) is 10.1. The van der Waals surface area contributed by atoms with Crippen LogP contribution in [0.25, 0.3) is 10.2 Å². The second kappa shape index (κ2) is 6.79. The van der Waals surface area contributed by atoms with Gasteiger partial charge in [-0.15, -0.1) is 11.3 Å². The number of aryl methyl sites for hydroxylation is 1. The van der Waals surface area contributed by atoms with Crippen LogP contribution in [0.2, 0.25) is 0 Å². The van der Waals surface area contributed by atoms with Gasteiger partial charge in [-0.25, -0.2) is 14.8 Å². The molecule has 0 aliphatic heterocycles. The van der Waals surface area contributed by atoms with E-state index < -0.39 is 5.97 Å². The van der Waals surface area contributed by atoms with E-state index in [1.165, 1.54) is 6.33 Å². The summed E-state index contributed by atoms with van der Waals surface area (Å²) < 4.78 is 5.11. The summed E-state index contributed by atoms with van der Waals surface area (Å²) in [6.07, 6.45) is 1.91. The minimum Gasteiger partial charge on any atom is -0.477 e. The minimum atomic E-state index is -0.967. The maximum absolute atomic E-state index is 11.2. The summed E-state index contributed by atoms with van der Waals surface area (Å²) in [6.45, 7) is 2.19. The third-order valence-corrected chi connectivity index (χ3v) is 4.30. The number of aromatic nitrogens is 2. The highest BCUT2D eigenvalue weighted by Crippen LogP contribution is 2.33.